The fourth-order valence-electron chi connectivity index (χ4n) is 3.05. The maximum absolute atomic E-state index is 12.9. The van der Waals surface area contributed by atoms with Crippen LogP contribution >= 0.6 is 11.3 Å². The van der Waals surface area contributed by atoms with Crippen molar-refractivity contribution in [1.82, 2.24) is 14.8 Å². The zero-order valence-corrected chi connectivity index (χ0v) is 14.9. The van der Waals surface area contributed by atoms with E-state index in [4.69, 9.17) is 0 Å². The molecule has 3 rings (SSSR count). The summed E-state index contributed by atoms with van der Waals surface area (Å²) in [5.41, 5.74) is 1.85. The lowest BCUT2D eigenvalue weighted by Crippen LogP contribution is -2.53. The van der Waals surface area contributed by atoms with Gasteiger partial charge in [0.05, 0.1) is 17.1 Å². The molecule has 1 aliphatic rings. The van der Waals surface area contributed by atoms with Gasteiger partial charge in [0.25, 0.3) is 0 Å². The van der Waals surface area contributed by atoms with Crippen LogP contribution in [0, 0.1) is 5.82 Å². The summed E-state index contributed by atoms with van der Waals surface area (Å²) in [6.45, 7) is 4.71. The molecule has 24 heavy (non-hydrogen) atoms. The summed E-state index contributed by atoms with van der Waals surface area (Å²) in [6, 6.07) is 6.71. The number of nitrogens with zero attached hydrogens (tertiary/aromatic N) is 3. The number of aromatic nitrogens is 1. The number of rotatable bonds is 4. The van der Waals surface area contributed by atoms with Crippen LogP contribution in [0.4, 0.5) is 4.39 Å². The van der Waals surface area contributed by atoms with Gasteiger partial charge in [-0.05, 0) is 31.7 Å². The number of thiazole rings is 1. The largest absolute Gasteiger partial charge is 0.337 e. The van der Waals surface area contributed by atoms with Crippen LogP contribution in [-0.4, -0.2) is 53.4 Å². The number of hydrogen-bond acceptors (Lipinski definition) is 4. The van der Waals surface area contributed by atoms with Crippen molar-refractivity contribution in [2.45, 2.75) is 25.8 Å². The van der Waals surface area contributed by atoms with Crippen LogP contribution in [0.15, 0.2) is 29.6 Å². The van der Waals surface area contributed by atoms with Crippen molar-refractivity contribution in [3.63, 3.8) is 0 Å². The van der Waals surface area contributed by atoms with Gasteiger partial charge in [0.1, 0.15) is 5.82 Å². The number of hydrogen-bond donors (Lipinski definition) is 0. The van der Waals surface area contributed by atoms with Gasteiger partial charge in [-0.3, -0.25) is 4.79 Å². The average Bonchev–Trinajstić information content (AvgIpc) is 2.96. The number of carbonyl (C=O) groups is 1. The molecule has 0 N–H and O–H groups in total. The Kier molecular flexibility index (Phi) is 5.26. The minimum absolute atomic E-state index is 0.147. The zero-order chi connectivity index (χ0) is 17.1. The Bertz CT molecular complexity index is 701. The second kappa shape index (κ2) is 7.40. The molecule has 0 radical (unpaired) electrons. The molecule has 2 aromatic rings. The minimum atomic E-state index is -0.231. The van der Waals surface area contributed by atoms with Crippen molar-refractivity contribution < 1.29 is 9.18 Å². The molecule has 6 heteroatoms. The van der Waals surface area contributed by atoms with Crippen LogP contribution in [-0.2, 0) is 17.6 Å². The van der Waals surface area contributed by atoms with E-state index in [1.165, 1.54) is 12.1 Å². The lowest BCUT2D eigenvalue weighted by molar-refractivity contribution is -0.134. The number of piperazine rings is 1. The van der Waals surface area contributed by atoms with E-state index in [0.717, 1.165) is 35.9 Å². The number of benzene rings is 1. The number of amides is 1. The van der Waals surface area contributed by atoms with E-state index in [2.05, 4.69) is 23.9 Å². The Labute approximate surface area is 145 Å². The highest BCUT2D eigenvalue weighted by molar-refractivity contribution is 7.09. The first-order valence-corrected chi connectivity index (χ1v) is 9.05. The normalized spacial score (nSPS) is 18.8. The van der Waals surface area contributed by atoms with Gasteiger partial charge in [0.15, 0.2) is 0 Å². The van der Waals surface area contributed by atoms with Crippen molar-refractivity contribution >= 4 is 17.2 Å². The molecular weight excluding hydrogens is 325 g/mol. The number of carbonyl (C=O) groups excluding carboxylic acids is 1. The van der Waals surface area contributed by atoms with Crippen molar-refractivity contribution in [2.75, 3.05) is 26.7 Å². The first-order valence-electron chi connectivity index (χ1n) is 8.17. The number of likely N-dealkylation sites (N-methyl/N-ethyl adjacent to an activating group) is 1. The van der Waals surface area contributed by atoms with Crippen LogP contribution < -0.4 is 0 Å². The molecule has 1 aliphatic heterocycles. The fourth-order valence-corrected chi connectivity index (χ4v) is 3.88. The van der Waals surface area contributed by atoms with Crippen LogP contribution in [0.3, 0.4) is 0 Å². The predicted octanol–water partition coefficient (Wildman–Crippen LogP) is 2.58. The highest BCUT2D eigenvalue weighted by Gasteiger charge is 2.26. The van der Waals surface area contributed by atoms with Gasteiger partial charge in [0.2, 0.25) is 5.91 Å². The molecule has 0 bridgehead atoms. The Morgan fingerprint density at radius 2 is 2.08 bits per heavy atom. The zero-order valence-electron chi connectivity index (χ0n) is 14.0. The first-order chi connectivity index (χ1) is 11.5. The highest BCUT2D eigenvalue weighted by Crippen LogP contribution is 2.17. The maximum Gasteiger partial charge on any atom is 0.228 e. The third-order valence-corrected chi connectivity index (χ3v) is 5.25. The highest BCUT2D eigenvalue weighted by atomic mass is 32.1. The summed E-state index contributed by atoms with van der Waals surface area (Å²) in [7, 11) is 2.08. The molecule has 0 saturated carbocycles. The summed E-state index contributed by atoms with van der Waals surface area (Å²) in [5.74, 6) is -0.0836. The monoisotopic (exact) mass is 347 g/mol. The minimum Gasteiger partial charge on any atom is -0.337 e. The Hall–Kier alpha value is -1.79. The molecule has 0 unspecified atom stereocenters. The molecular formula is C18H22FN3OS. The van der Waals surface area contributed by atoms with Crippen molar-refractivity contribution in [1.29, 1.82) is 0 Å². The topological polar surface area (TPSA) is 36.4 Å². The van der Waals surface area contributed by atoms with Gasteiger partial charge < -0.3 is 9.80 Å². The second-order valence-corrected chi connectivity index (χ2v) is 7.35. The van der Waals surface area contributed by atoms with Gasteiger partial charge in [-0.25, -0.2) is 9.37 Å². The van der Waals surface area contributed by atoms with Gasteiger partial charge in [-0.15, -0.1) is 11.3 Å². The van der Waals surface area contributed by atoms with Gasteiger partial charge in [-0.2, -0.15) is 0 Å². The fraction of sp³-hybridized carbons (Fsp3) is 0.444. The van der Waals surface area contributed by atoms with E-state index in [1.54, 1.807) is 23.5 Å². The van der Waals surface area contributed by atoms with E-state index in [0.29, 0.717) is 12.8 Å². The Morgan fingerprint density at radius 3 is 2.79 bits per heavy atom. The molecule has 2 heterocycles. The van der Waals surface area contributed by atoms with Crippen LogP contribution in [0.5, 0.6) is 0 Å². The smallest absolute Gasteiger partial charge is 0.228 e. The maximum atomic E-state index is 12.9. The predicted molar refractivity (Wildman–Crippen MR) is 93.7 cm³/mol. The molecule has 4 nitrogen and oxygen atoms in total. The summed E-state index contributed by atoms with van der Waals surface area (Å²) < 4.78 is 12.9. The summed E-state index contributed by atoms with van der Waals surface area (Å²) in [6.07, 6.45) is 1.03. The van der Waals surface area contributed by atoms with Gasteiger partial charge >= 0.3 is 0 Å². The Morgan fingerprint density at radius 1 is 1.33 bits per heavy atom. The van der Waals surface area contributed by atoms with E-state index in [9.17, 15) is 9.18 Å². The van der Waals surface area contributed by atoms with E-state index in [1.807, 2.05) is 10.3 Å². The second-order valence-electron chi connectivity index (χ2n) is 6.41. The van der Waals surface area contributed by atoms with E-state index < -0.39 is 0 Å². The molecule has 0 spiro atoms. The summed E-state index contributed by atoms with van der Waals surface area (Å²) >= 11 is 1.55. The standard InChI is InChI=1S/C18H22FN3OS/c1-13-11-21(2)7-8-22(13)18(23)10-16-12-24-17(20-16)9-14-3-5-15(19)6-4-14/h3-6,12-13H,7-11H2,1-2H3/t13-/m0/s1. The lowest BCUT2D eigenvalue weighted by atomic mass is 10.1. The summed E-state index contributed by atoms with van der Waals surface area (Å²) in [5, 5.41) is 2.91. The quantitative estimate of drug-likeness (QED) is 0.853. The SMILES string of the molecule is C[C@H]1CN(C)CCN1C(=O)Cc1csc(Cc2ccc(F)cc2)n1. The van der Waals surface area contributed by atoms with E-state index >= 15 is 0 Å². The summed E-state index contributed by atoms with van der Waals surface area (Å²) in [4.78, 5) is 21.3. The van der Waals surface area contributed by atoms with Gasteiger partial charge in [-0.1, -0.05) is 12.1 Å². The van der Waals surface area contributed by atoms with Crippen molar-refractivity contribution in [2.24, 2.45) is 0 Å². The molecule has 1 saturated heterocycles. The van der Waals surface area contributed by atoms with Crippen LogP contribution in [0.25, 0.3) is 0 Å². The molecule has 1 aromatic heterocycles. The molecule has 1 amide bonds. The lowest BCUT2D eigenvalue weighted by Gasteiger charge is -2.38. The molecule has 1 atom stereocenters. The van der Waals surface area contributed by atoms with Crippen LogP contribution in [0.1, 0.15) is 23.2 Å². The molecule has 1 fully saturated rings. The number of halogens is 1. The van der Waals surface area contributed by atoms with Crippen LogP contribution in [0.2, 0.25) is 0 Å². The third kappa shape index (κ3) is 4.19. The average molecular weight is 347 g/mol. The first kappa shape index (κ1) is 17.0. The van der Waals surface area contributed by atoms with E-state index in [-0.39, 0.29) is 17.8 Å². The molecule has 128 valence electrons. The van der Waals surface area contributed by atoms with Gasteiger partial charge in [0, 0.05) is 37.5 Å². The van der Waals surface area contributed by atoms with Crippen molar-refractivity contribution in [3.05, 3.63) is 51.7 Å². The third-order valence-electron chi connectivity index (χ3n) is 4.35. The Balaban J connectivity index is 1.59. The molecule has 0 aliphatic carbocycles. The van der Waals surface area contributed by atoms with Crippen molar-refractivity contribution in [3.8, 4) is 0 Å². The molecule has 1 aromatic carbocycles.